The van der Waals surface area contributed by atoms with Crippen LogP contribution >= 0.6 is 11.8 Å². The third-order valence-corrected chi connectivity index (χ3v) is 5.42. The van der Waals surface area contributed by atoms with Crippen molar-refractivity contribution in [1.29, 1.82) is 0 Å². The summed E-state index contributed by atoms with van der Waals surface area (Å²) in [6.45, 7) is 17.6. The molecule has 0 aromatic rings. The maximum atomic E-state index is 3.75. The average molecular weight is 273 g/mol. The Morgan fingerprint density at radius 1 is 1.22 bits per heavy atom. The Labute approximate surface area is 118 Å². The van der Waals surface area contributed by atoms with Gasteiger partial charge < -0.3 is 5.32 Å². The Kier molecular flexibility index (Phi) is 5.58. The molecule has 1 aliphatic heterocycles. The highest BCUT2D eigenvalue weighted by Gasteiger charge is 2.35. The van der Waals surface area contributed by atoms with Crippen molar-refractivity contribution in [3.05, 3.63) is 0 Å². The minimum atomic E-state index is 0.348. The Morgan fingerprint density at radius 2 is 1.83 bits per heavy atom. The first-order valence-corrected chi connectivity index (χ1v) is 8.44. The number of piperazine rings is 1. The van der Waals surface area contributed by atoms with E-state index in [9.17, 15) is 0 Å². The van der Waals surface area contributed by atoms with Crippen molar-refractivity contribution >= 4 is 11.8 Å². The van der Waals surface area contributed by atoms with E-state index in [1.807, 2.05) is 11.8 Å². The first kappa shape index (κ1) is 16.3. The second kappa shape index (κ2) is 6.15. The summed E-state index contributed by atoms with van der Waals surface area (Å²) >= 11 is 1.98. The highest BCUT2D eigenvalue weighted by atomic mass is 32.2. The van der Waals surface area contributed by atoms with Crippen molar-refractivity contribution in [2.75, 3.05) is 25.9 Å². The molecule has 2 nitrogen and oxygen atoms in total. The fourth-order valence-corrected chi connectivity index (χ4v) is 2.88. The molecule has 0 saturated carbocycles. The maximum Gasteiger partial charge on any atom is 0.0244 e. The fourth-order valence-electron chi connectivity index (χ4n) is 2.59. The predicted octanol–water partition coefficient (Wildman–Crippen LogP) is 3.23. The molecule has 1 rings (SSSR count). The van der Waals surface area contributed by atoms with Gasteiger partial charge in [0.2, 0.25) is 0 Å². The van der Waals surface area contributed by atoms with E-state index in [1.54, 1.807) is 0 Å². The van der Waals surface area contributed by atoms with E-state index < -0.39 is 0 Å². The maximum absolute atomic E-state index is 3.75. The standard InChI is InChI=1S/C15H32N2S/c1-8-12-9-16-13(14(2,3)4)10-17(12)11-15(5,6)18-7/h12-13,16H,8-11H2,1-7H3. The van der Waals surface area contributed by atoms with E-state index >= 15 is 0 Å². The van der Waals surface area contributed by atoms with Crippen LogP contribution in [-0.4, -0.2) is 47.6 Å². The summed E-state index contributed by atoms with van der Waals surface area (Å²) in [6.07, 6.45) is 3.47. The highest BCUT2D eigenvalue weighted by molar-refractivity contribution is 7.99. The Balaban J connectivity index is 2.71. The monoisotopic (exact) mass is 272 g/mol. The van der Waals surface area contributed by atoms with Crippen molar-refractivity contribution < 1.29 is 0 Å². The smallest absolute Gasteiger partial charge is 0.0244 e. The van der Waals surface area contributed by atoms with Gasteiger partial charge in [0.1, 0.15) is 0 Å². The van der Waals surface area contributed by atoms with E-state index in [4.69, 9.17) is 0 Å². The van der Waals surface area contributed by atoms with Crippen molar-refractivity contribution in [3.8, 4) is 0 Å². The van der Waals surface area contributed by atoms with E-state index in [-0.39, 0.29) is 0 Å². The van der Waals surface area contributed by atoms with E-state index in [1.165, 1.54) is 19.5 Å². The Hall–Kier alpha value is 0.270. The lowest BCUT2D eigenvalue weighted by Crippen LogP contribution is -2.61. The summed E-state index contributed by atoms with van der Waals surface area (Å²) < 4.78 is 0.354. The number of nitrogens with one attached hydrogen (secondary N) is 1. The molecule has 1 heterocycles. The Morgan fingerprint density at radius 3 is 2.28 bits per heavy atom. The lowest BCUT2D eigenvalue weighted by atomic mass is 9.84. The van der Waals surface area contributed by atoms with Gasteiger partial charge in [0.15, 0.2) is 0 Å². The second-order valence-electron chi connectivity index (χ2n) is 7.28. The minimum absolute atomic E-state index is 0.348. The first-order valence-electron chi connectivity index (χ1n) is 7.22. The zero-order valence-corrected chi connectivity index (χ0v) is 14.2. The van der Waals surface area contributed by atoms with Crippen LogP contribution in [0.4, 0.5) is 0 Å². The SMILES string of the molecule is CCC1CNC(C(C)(C)C)CN1CC(C)(C)SC. The number of nitrogens with zero attached hydrogens (tertiary/aromatic N) is 1. The van der Waals surface area contributed by atoms with Crippen LogP contribution in [0.25, 0.3) is 0 Å². The summed E-state index contributed by atoms with van der Waals surface area (Å²) in [5.74, 6) is 0. The summed E-state index contributed by atoms with van der Waals surface area (Å²) in [6, 6.07) is 1.31. The largest absolute Gasteiger partial charge is 0.311 e. The van der Waals surface area contributed by atoms with Gasteiger partial charge in [0, 0.05) is 36.5 Å². The van der Waals surface area contributed by atoms with Gasteiger partial charge in [-0.1, -0.05) is 27.7 Å². The van der Waals surface area contributed by atoms with Crippen LogP contribution in [-0.2, 0) is 0 Å². The van der Waals surface area contributed by atoms with E-state index in [0.717, 1.165) is 6.54 Å². The Bertz CT molecular complexity index is 258. The number of hydrogen-bond acceptors (Lipinski definition) is 3. The van der Waals surface area contributed by atoms with Gasteiger partial charge in [0.05, 0.1) is 0 Å². The first-order chi connectivity index (χ1) is 8.19. The molecule has 0 amide bonds. The van der Waals surface area contributed by atoms with Crippen LogP contribution in [0, 0.1) is 5.41 Å². The zero-order valence-electron chi connectivity index (χ0n) is 13.3. The molecule has 0 bridgehead atoms. The summed E-state index contributed by atoms with van der Waals surface area (Å²) in [5, 5.41) is 3.75. The molecule has 0 aromatic carbocycles. The van der Waals surface area contributed by atoms with Crippen LogP contribution in [0.2, 0.25) is 0 Å². The van der Waals surface area contributed by atoms with E-state index in [2.05, 4.69) is 58.0 Å². The molecular formula is C15H32N2S. The van der Waals surface area contributed by atoms with E-state index in [0.29, 0.717) is 22.2 Å². The summed E-state index contributed by atoms with van der Waals surface area (Å²) in [4.78, 5) is 2.71. The van der Waals surface area contributed by atoms with Gasteiger partial charge in [-0.15, -0.1) is 0 Å². The molecule has 1 saturated heterocycles. The topological polar surface area (TPSA) is 15.3 Å². The molecule has 2 atom stereocenters. The molecule has 1 aliphatic rings. The average Bonchev–Trinajstić information content (AvgIpc) is 2.27. The lowest BCUT2D eigenvalue weighted by Gasteiger charge is -2.47. The fraction of sp³-hybridized carbons (Fsp3) is 1.00. The molecule has 3 heteroatoms. The number of hydrogen-bond donors (Lipinski definition) is 1. The third-order valence-electron chi connectivity index (χ3n) is 4.19. The van der Waals surface area contributed by atoms with Crippen molar-refractivity contribution in [2.45, 2.75) is 64.8 Å². The normalized spacial score (nSPS) is 27.5. The molecule has 0 radical (unpaired) electrons. The molecule has 18 heavy (non-hydrogen) atoms. The molecule has 1 N–H and O–H groups in total. The third kappa shape index (κ3) is 4.43. The quantitative estimate of drug-likeness (QED) is 0.846. The van der Waals surface area contributed by atoms with Gasteiger partial charge >= 0.3 is 0 Å². The summed E-state index contributed by atoms with van der Waals surface area (Å²) in [5.41, 5.74) is 0.348. The molecule has 2 unspecified atom stereocenters. The van der Waals surface area contributed by atoms with Crippen LogP contribution in [0.5, 0.6) is 0 Å². The number of rotatable bonds is 4. The van der Waals surface area contributed by atoms with Crippen LogP contribution in [0.3, 0.4) is 0 Å². The second-order valence-corrected chi connectivity index (χ2v) is 8.80. The summed E-state index contributed by atoms with van der Waals surface area (Å²) in [7, 11) is 0. The van der Waals surface area contributed by atoms with Crippen molar-refractivity contribution in [3.63, 3.8) is 0 Å². The zero-order chi connectivity index (χ0) is 14.0. The van der Waals surface area contributed by atoms with Gasteiger partial charge in [-0.05, 0) is 31.9 Å². The van der Waals surface area contributed by atoms with Crippen LogP contribution in [0.1, 0.15) is 48.0 Å². The van der Waals surface area contributed by atoms with Crippen LogP contribution in [0.15, 0.2) is 0 Å². The highest BCUT2D eigenvalue weighted by Crippen LogP contribution is 2.28. The van der Waals surface area contributed by atoms with Crippen molar-refractivity contribution in [1.82, 2.24) is 10.2 Å². The van der Waals surface area contributed by atoms with Gasteiger partial charge in [0.25, 0.3) is 0 Å². The molecule has 108 valence electrons. The predicted molar refractivity (Wildman–Crippen MR) is 84.5 cm³/mol. The number of thioether (sulfide) groups is 1. The van der Waals surface area contributed by atoms with Gasteiger partial charge in [-0.2, -0.15) is 11.8 Å². The molecule has 0 aliphatic carbocycles. The minimum Gasteiger partial charge on any atom is -0.311 e. The van der Waals surface area contributed by atoms with Gasteiger partial charge in [-0.3, -0.25) is 4.90 Å². The molecule has 0 aromatic heterocycles. The molecular weight excluding hydrogens is 240 g/mol. The molecule has 1 fully saturated rings. The van der Waals surface area contributed by atoms with Crippen LogP contribution < -0.4 is 5.32 Å². The lowest BCUT2D eigenvalue weighted by molar-refractivity contribution is 0.0780. The van der Waals surface area contributed by atoms with Crippen molar-refractivity contribution in [2.24, 2.45) is 5.41 Å². The van der Waals surface area contributed by atoms with Gasteiger partial charge in [-0.25, -0.2) is 0 Å². The molecule has 0 spiro atoms.